The molecule has 1 N–H and O–H groups in total. The average Bonchev–Trinajstić information content (AvgIpc) is 2.79. The number of ether oxygens (including phenoxy) is 1. The van der Waals surface area contributed by atoms with Crippen molar-refractivity contribution in [3.8, 4) is 0 Å². The Balaban J connectivity index is 1.57. The van der Waals surface area contributed by atoms with Crippen LogP contribution in [0.1, 0.15) is 38.5 Å². The van der Waals surface area contributed by atoms with Crippen molar-refractivity contribution in [3.05, 3.63) is 0 Å². The van der Waals surface area contributed by atoms with Crippen molar-refractivity contribution in [2.45, 2.75) is 44.6 Å². The lowest BCUT2D eigenvalue weighted by atomic mass is 9.95. The van der Waals surface area contributed by atoms with Crippen molar-refractivity contribution in [2.75, 3.05) is 60.0 Å². The third kappa shape index (κ3) is 6.15. The highest BCUT2D eigenvalue weighted by Crippen LogP contribution is 2.22. The Bertz CT molecular complexity index is 585. The van der Waals surface area contributed by atoms with Crippen LogP contribution in [0.2, 0.25) is 0 Å². The fraction of sp³-hybridized carbons (Fsp3) is 0.857. The van der Waals surface area contributed by atoms with E-state index < -0.39 is 0 Å². The molecule has 0 aromatic heterocycles. The maximum atomic E-state index is 13.0. The number of amides is 3. The number of hydrogen-bond acceptors (Lipinski definition) is 5. The molecule has 0 unspecified atom stereocenters. The second-order valence-electron chi connectivity index (χ2n) is 8.83. The second-order valence-corrected chi connectivity index (χ2v) is 8.83. The minimum absolute atomic E-state index is 0.00365. The van der Waals surface area contributed by atoms with Crippen molar-refractivity contribution in [1.82, 2.24) is 20.0 Å². The fourth-order valence-electron chi connectivity index (χ4n) is 4.50. The van der Waals surface area contributed by atoms with Crippen LogP contribution in [0.25, 0.3) is 0 Å². The van der Waals surface area contributed by atoms with Crippen LogP contribution in [0.4, 0.5) is 0 Å². The first kappa shape index (κ1) is 22.0. The van der Waals surface area contributed by atoms with E-state index in [1.165, 1.54) is 0 Å². The molecule has 3 fully saturated rings. The molecule has 29 heavy (non-hydrogen) atoms. The Morgan fingerprint density at radius 3 is 2.34 bits per heavy atom. The molecule has 3 saturated heterocycles. The molecule has 0 saturated carbocycles. The highest BCUT2D eigenvalue weighted by Gasteiger charge is 2.32. The molecule has 0 radical (unpaired) electrons. The van der Waals surface area contributed by atoms with Gasteiger partial charge in [0.15, 0.2) is 0 Å². The van der Waals surface area contributed by atoms with E-state index in [4.69, 9.17) is 4.74 Å². The van der Waals surface area contributed by atoms with Gasteiger partial charge in [-0.2, -0.15) is 0 Å². The van der Waals surface area contributed by atoms with Crippen molar-refractivity contribution < 1.29 is 19.1 Å². The van der Waals surface area contributed by atoms with Gasteiger partial charge in [0, 0.05) is 77.3 Å². The predicted molar refractivity (Wildman–Crippen MR) is 109 cm³/mol. The molecule has 0 aromatic carbocycles. The zero-order chi connectivity index (χ0) is 20.8. The standard InChI is InChI=1S/C21H36N4O4/c1-23-8-10-25(11-9-23)21(28)17-4-3-5-18(15-24(2)19(26)14-17)22-20(27)16-6-12-29-13-7-16/h16-18H,3-15H2,1-2H3,(H,22,27)/t17-,18-/m1/s1. The lowest BCUT2D eigenvalue weighted by molar-refractivity contribution is -0.142. The Kier molecular flexibility index (Phi) is 7.89. The summed E-state index contributed by atoms with van der Waals surface area (Å²) in [5, 5.41) is 3.16. The summed E-state index contributed by atoms with van der Waals surface area (Å²) in [4.78, 5) is 44.2. The normalized spacial score (nSPS) is 28.4. The van der Waals surface area contributed by atoms with Gasteiger partial charge in [-0.25, -0.2) is 0 Å². The van der Waals surface area contributed by atoms with Gasteiger partial charge in [-0.15, -0.1) is 0 Å². The van der Waals surface area contributed by atoms with E-state index in [-0.39, 0.29) is 42.0 Å². The van der Waals surface area contributed by atoms with E-state index in [1.54, 1.807) is 11.9 Å². The quantitative estimate of drug-likeness (QED) is 0.727. The number of piperazine rings is 1. The molecular formula is C21H36N4O4. The van der Waals surface area contributed by atoms with Gasteiger partial charge in [-0.3, -0.25) is 14.4 Å². The molecule has 0 spiro atoms. The summed E-state index contributed by atoms with van der Waals surface area (Å²) in [5.41, 5.74) is 0. The Morgan fingerprint density at radius 1 is 0.966 bits per heavy atom. The number of hydrogen-bond donors (Lipinski definition) is 1. The first-order chi connectivity index (χ1) is 13.9. The maximum Gasteiger partial charge on any atom is 0.226 e. The smallest absolute Gasteiger partial charge is 0.226 e. The SMILES string of the molecule is CN1CCN(C(=O)[C@@H]2CCC[C@@H](NC(=O)C3CCOCC3)CN(C)C(=O)C2)CC1. The van der Waals surface area contributed by atoms with Gasteiger partial charge in [-0.05, 0) is 32.7 Å². The first-order valence-electron chi connectivity index (χ1n) is 11.0. The molecule has 8 nitrogen and oxygen atoms in total. The molecule has 3 aliphatic heterocycles. The molecule has 2 atom stereocenters. The zero-order valence-electron chi connectivity index (χ0n) is 17.9. The second kappa shape index (κ2) is 10.4. The molecular weight excluding hydrogens is 372 g/mol. The van der Waals surface area contributed by atoms with Gasteiger partial charge < -0.3 is 24.8 Å². The third-order valence-electron chi connectivity index (χ3n) is 6.55. The summed E-state index contributed by atoms with van der Waals surface area (Å²) in [6.07, 6.45) is 4.11. The summed E-state index contributed by atoms with van der Waals surface area (Å²) in [5.74, 6) is -0.0695. The largest absolute Gasteiger partial charge is 0.381 e. The van der Waals surface area contributed by atoms with Crippen LogP contribution in [-0.4, -0.2) is 98.5 Å². The monoisotopic (exact) mass is 408 g/mol. The summed E-state index contributed by atoms with van der Waals surface area (Å²) in [6, 6.07) is -0.0585. The lowest BCUT2D eigenvalue weighted by Crippen LogP contribution is -2.49. The van der Waals surface area contributed by atoms with Gasteiger partial charge in [0.2, 0.25) is 17.7 Å². The highest BCUT2D eigenvalue weighted by molar-refractivity contribution is 5.86. The molecule has 3 amide bonds. The van der Waals surface area contributed by atoms with Crippen LogP contribution in [0.5, 0.6) is 0 Å². The van der Waals surface area contributed by atoms with Gasteiger partial charge in [-0.1, -0.05) is 6.42 Å². The summed E-state index contributed by atoms with van der Waals surface area (Å²) < 4.78 is 5.34. The Labute approximate surface area is 173 Å². The molecule has 3 aliphatic rings. The predicted octanol–water partition coefficient (Wildman–Crippen LogP) is 0.320. The third-order valence-corrected chi connectivity index (χ3v) is 6.55. The summed E-state index contributed by atoms with van der Waals surface area (Å²) in [7, 11) is 3.84. The van der Waals surface area contributed by atoms with Crippen LogP contribution in [0.15, 0.2) is 0 Å². The van der Waals surface area contributed by atoms with Gasteiger partial charge >= 0.3 is 0 Å². The molecule has 3 heterocycles. The van der Waals surface area contributed by atoms with Gasteiger partial charge in [0.05, 0.1) is 0 Å². The van der Waals surface area contributed by atoms with E-state index in [1.807, 2.05) is 4.90 Å². The molecule has 164 valence electrons. The van der Waals surface area contributed by atoms with Crippen molar-refractivity contribution in [1.29, 1.82) is 0 Å². The molecule has 0 aromatic rings. The zero-order valence-corrected chi connectivity index (χ0v) is 17.9. The molecule has 8 heteroatoms. The van der Waals surface area contributed by atoms with E-state index in [0.29, 0.717) is 26.2 Å². The number of likely N-dealkylation sites (N-methyl/N-ethyl adjacent to an activating group) is 2. The van der Waals surface area contributed by atoms with Crippen LogP contribution in [-0.2, 0) is 19.1 Å². The number of carbonyl (C=O) groups is 3. The van der Waals surface area contributed by atoms with E-state index in [0.717, 1.165) is 51.9 Å². The Hall–Kier alpha value is -1.67. The van der Waals surface area contributed by atoms with Crippen LogP contribution >= 0.6 is 0 Å². The van der Waals surface area contributed by atoms with Crippen LogP contribution in [0, 0.1) is 11.8 Å². The average molecular weight is 409 g/mol. The first-order valence-corrected chi connectivity index (χ1v) is 11.0. The van der Waals surface area contributed by atoms with Crippen molar-refractivity contribution in [3.63, 3.8) is 0 Å². The molecule has 3 rings (SSSR count). The van der Waals surface area contributed by atoms with Crippen molar-refractivity contribution in [2.24, 2.45) is 11.8 Å². The number of nitrogens with one attached hydrogen (secondary N) is 1. The van der Waals surface area contributed by atoms with E-state index in [9.17, 15) is 14.4 Å². The van der Waals surface area contributed by atoms with Crippen molar-refractivity contribution >= 4 is 17.7 Å². The molecule has 0 bridgehead atoms. The van der Waals surface area contributed by atoms with E-state index >= 15 is 0 Å². The summed E-state index contributed by atoms with van der Waals surface area (Å²) >= 11 is 0. The minimum atomic E-state index is -0.252. The lowest BCUT2D eigenvalue weighted by Gasteiger charge is -2.34. The fourth-order valence-corrected chi connectivity index (χ4v) is 4.50. The maximum absolute atomic E-state index is 13.0. The number of carbonyl (C=O) groups excluding carboxylic acids is 3. The van der Waals surface area contributed by atoms with Gasteiger partial charge in [0.25, 0.3) is 0 Å². The number of nitrogens with zero attached hydrogens (tertiary/aromatic N) is 3. The van der Waals surface area contributed by atoms with Crippen LogP contribution < -0.4 is 5.32 Å². The van der Waals surface area contributed by atoms with Gasteiger partial charge in [0.1, 0.15) is 0 Å². The Morgan fingerprint density at radius 2 is 1.66 bits per heavy atom. The van der Waals surface area contributed by atoms with E-state index in [2.05, 4.69) is 17.3 Å². The highest BCUT2D eigenvalue weighted by atomic mass is 16.5. The minimum Gasteiger partial charge on any atom is -0.381 e. The number of rotatable bonds is 3. The summed E-state index contributed by atoms with van der Waals surface area (Å²) in [6.45, 7) is 5.01. The van der Waals surface area contributed by atoms with Crippen LogP contribution in [0.3, 0.4) is 0 Å². The topological polar surface area (TPSA) is 82.2 Å². The molecule has 0 aliphatic carbocycles.